The van der Waals surface area contributed by atoms with Crippen molar-refractivity contribution in [3.05, 3.63) is 65.2 Å². The standard InChI is InChI=1S/C22H30N4O.HI/c1-16-4-10-21(11-5-16)25-22(23)24-12-19-6-8-20(9-7-19)15-26-13-17(2)27-18(3)14-26;/h4-11,17-18H,12-15H2,1-3H3,(H3,23,24,25);1H. The molecule has 5 nitrogen and oxygen atoms in total. The van der Waals surface area contributed by atoms with Gasteiger partial charge >= 0.3 is 0 Å². The monoisotopic (exact) mass is 494 g/mol. The van der Waals surface area contributed by atoms with Gasteiger partial charge in [-0.3, -0.25) is 4.90 Å². The number of nitrogens with two attached hydrogens (primary N) is 1. The van der Waals surface area contributed by atoms with Crippen molar-refractivity contribution >= 4 is 35.6 Å². The summed E-state index contributed by atoms with van der Waals surface area (Å²) in [4.78, 5) is 6.89. The van der Waals surface area contributed by atoms with E-state index in [4.69, 9.17) is 10.5 Å². The van der Waals surface area contributed by atoms with Crippen LogP contribution >= 0.6 is 24.0 Å². The molecule has 3 rings (SSSR count). The maximum absolute atomic E-state index is 5.99. The third kappa shape index (κ3) is 7.07. The summed E-state index contributed by atoms with van der Waals surface area (Å²) in [5.74, 6) is 0.430. The molecular formula is C22H31IN4O. The minimum atomic E-state index is 0. The van der Waals surface area contributed by atoms with E-state index < -0.39 is 0 Å². The van der Waals surface area contributed by atoms with Crippen molar-refractivity contribution in [3.63, 3.8) is 0 Å². The second-order valence-electron chi connectivity index (χ2n) is 7.46. The number of benzene rings is 2. The third-order valence-electron chi connectivity index (χ3n) is 4.68. The summed E-state index contributed by atoms with van der Waals surface area (Å²) in [7, 11) is 0. The van der Waals surface area contributed by atoms with E-state index in [-0.39, 0.29) is 24.0 Å². The lowest BCUT2D eigenvalue weighted by Crippen LogP contribution is -2.44. The Morgan fingerprint density at radius 1 is 1.04 bits per heavy atom. The van der Waals surface area contributed by atoms with Crippen LogP contribution in [0.15, 0.2) is 53.5 Å². The van der Waals surface area contributed by atoms with E-state index in [1.807, 2.05) is 24.3 Å². The van der Waals surface area contributed by atoms with Gasteiger partial charge in [0.2, 0.25) is 0 Å². The minimum absolute atomic E-state index is 0. The van der Waals surface area contributed by atoms with Crippen molar-refractivity contribution in [1.82, 2.24) is 4.90 Å². The van der Waals surface area contributed by atoms with Gasteiger partial charge in [-0.25, -0.2) is 4.99 Å². The molecule has 2 aromatic rings. The van der Waals surface area contributed by atoms with Crippen LogP contribution in [-0.4, -0.2) is 36.2 Å². The van der Waals surface area contributed by atoms with E-state index in [2.05, 4.69) is 60.2 Å². The van der Waals surface area contributed by atoms with Gasteiger partial charge in [0, 0.05) is 25.3 Å². The van der Waals surface area contributed by atoms with Crippen molar-refractivity contribution in [2.45, 2.75) is 46.1 Å². The Morgan fingerprint density at radius 3 is 2.21 bits per heavy atom. The van der Waals surface area contributed by atoms with E-state index in [9.17, 15) is 0 Å². The molecule has 0 aliphatic carbocycles. The molecule has 0 aromatic heterocycles. The molecule has 1 aliphatic rings. The average molecular weight is 494 g/mol. The lowest BCUT2D eigenvalue weighted by Gasteiger charge is -2.35. The molecule has 152 valence electrons. The van der Waals surface area contributed by atoms with E-state index in [0.29, 0.717) is 24.7 Å². The summed E-state index contributed by atoms with van der Waals surface area (Å²) in [6.45, 7) is 9.83. The molecule has 2 unspecified atom stereocenters. The first-order valence-corrected chi connectivity index (χ1v) is 9.57. The highest BCUT2D eigenvalue weighted by Gasteiger charge is 2.21. The maximum atomic E-state index is 5.99. The summed E-state index contributed by atoms with van der Waals surface area (Å²) in [6, 6.07) is 16.7. The Balaban J connectivity index is 0.00000280. The van der Waals surface area contributed by atoms with Gasteiger partial charge in [-0.1, -0.05) is 42.0 Å². The smallest absolute Gasteiger partial charge is 0.193 e. The van der Waals surface area contributed by atoms with E-state index in [1.165, 1.54) is 11.1 Å². The third-order valence-corrected chi connectivity index (χ3v) is 4.68. The molecule has 0 spiro atoms. The zero-order valence-electron chi connectivity index (χ0n) is 16.9. The normalized spacial score (nSPS) is 20.5. The fourth-order valence-corrected chi connectivity index (χ4v) is 3.42. The molecular weight excluding hydrogens is 463 g/mol. The van der Waals surface area contributed by atoms with Gasteiger partial charge in [-0.2, -0.15) is 0 Å². The number of ether oxygens (including phenoxy) is 1. The Bertz CT molecular complexity index is 751. The highest BCUT2D eigenvalue weighted by Crippen LogP contribution is 2.15. The van der Waals surface area contributed by atoms with E-state index >= 15 is 0 Å². The number of morpholine rings is 1. The van der Waals surface area contributed by atoms with Gasteiger partial charge in [-0.05, 0) is 44.0 Å². The molecule has 3 N–H and O–H groups in total. The quantitative estimate of drug-likeness (QED) is 0.373. The summed E-state index contributed by atoms with van der Waals surface area (Å²) < 4.78 is 5.80. The second kappa shape index (κ2) is 10.8. The Morgan fingerprint density at radius 2 is 1.61 bits per heavy atom. The zero-order valence-corrected chi connectivity index (χ0v) is 19.2. The molecule has 0 amide bonds. The van der Waals surface area contributed by atoms with E-state index in [1.54, 1.807) is 0 Å². The van der Waals surface area contributed by atoms with Gasteiger partial charge in [0.25, 0.3) is 0 Å². The first kappa shape index (κ1) is 22.6. The van der Waals surface area contributed by atoms with Gasteiger partial charge in [0.1, 0.15) is 0 Å². The van der Waals surface area contributed by atoms with Crippen molar-refractivity contribution in [2.75, 3.05) is 18.4 Å². The summed E-state index contributed by atoms with van der Waals surface area (Å²) in [6.07, 6.45) is 0.595. The number of hydrogen-bond donors (Lipinski definition) is 2. The van der Waals surface area contributed by atoms with Crippen LogP contribution in [0.2, 0.25) is 0 Å². The summed E-state index contributed by atoms with van der Waals surface area (Å²) >= 11 is 0. The largest absolute Gasteiger partial charge is 0.373 e. The molecule has 2 aromatic carbocycles. The molecule has 0 saturated carbocycles. The van der Waals surface area contributed by atoms with Gasteiger partial charge in [0.15, 0.2) is 5.96 Å². The van der Waals surface area contributed by atoms with Crippen LogP contribution in [0.3, 0.4) is 0 Å². The van der Waals surface area contributed by atoms with E-state index in [0.717, 1.165) is 30.9 Å². The number of anilines is 1. The fourth-order valence-electron chi connectivity index (χ4n) is 3.42. The number of aliphatic imine (C=N–C) groups is 1. The number of aryl methyl sites for hydroxylation is 1. The Kier molecular flexibility index (Phi) is 8.72. The molecule has 6 heteroatoms. The topological polar surface area (TPSA) is 62.9 Å². The highest BCUT2D eigenvalue weighted by molar-refractivity contribution is 14.0. The van der Waals surface area contributed by atoms with Crippen molar-refractivity contribution < 1.29 is 4.74 Å². The molecule has 2 atom stereocenters. The van der Waals surface area contributed by atoms with Crippen LogP contribution in [0.25, 0.3) is 0 Å². The minimum Gasteiger partial charge on any atom is -0.373 e. The van der Waals surface area contributed by atoms with Crippen molar-refractivity contribution in [2.24, 2.45) is 10.7 Å². The summed E-state index contributed by atoms with van der Waals surface area (Å²) in [5, 5.41) is 3.12. The highest BCUT2D eigenvalue weighted by atomic mass is 127. The SMILES string of the molecule is Cc1ccc(NC(N)=NCc2ccc(CN3CC(C)OC(C)C3)cc2)cc1.I. The van der Waals surface area contributed by atoms with Gasteiger partial charge < -0.3 is 15.8 Å². The summed E-state index contributed by atoms with van der Waals surface area (Å²) in [5.41, 5.74) is 10.6. The molecule has 28 heavy (non-hydrogen) atoms. The van der Waals surface area contributed by atoms with Gasteiger partial charge in [-0.15, -0.1) is 24.0 Å². The molecule has 1 aliphatic heterocycles. The van der Waals surface area contributed by atoms with Crippen LogP contribution in [0.1, 0.15) is 30.5 Å². The predicted molar refractivity (Wildman–Crippen MR) is 127 cm³/mol. The number of hydrogen-bond acceptors (Lipinski definition) is 3. The van der Waals surface area contributed by atoms with Crippen LogP contribution in [0.5, 0.6) is 0 Å². The number of guanidine groups is 1. The Labute approximate surface area is 185 Å². The number of halogens is 1. The molecule has 1 saturated heterocycles. The fraction of sp³-hybridized carbons (Fsp3) is 0.409. The van der Waals surface area contributed by atoms with Crippen LogP contribution < -0.4 is 11.1 Å². The van der Waals surface area contributed by atoms with Crippen molar-refractivity contribution in [3.8, 4) is 0 Å². The first-order chi connectivity index (χ1) is 13.0. The average Bonchev–Trinajstić information content (AvgIpc) is 2.62. The lowest BCUT2D eigenvalue weighted by atomic mass is 10.1. The molecule has 0 radical (unpaired) electrons. The zero-order chi connectivity index (χ0) is 19.2. The second-order valence-corrected chi connectivity index (χ2v) is 7.46. The number of rotatable bonds is 5. The van der Waals surface area contributed by atoms with Crippen LogP contribution in [0, 0.1) is 6.92 Å². The molecule has 0 bridgehead atoms. The first-order valence-electron chi connectivity index (χ1n) is 9.57. The van der Waals surface area contributed by atoms with Crippen molar-refractivity contribution in [1.29, 1.82) is 0 Å². The number of nitrogens with zero attached hydrogens (tertiary/aromatic N) is 2. The molecule has 1 fully saturated rings. The number of nitrogens with one attached hydrogen (secondary N) is 1. The lowest BCUT2D eigenvalue weighted by molar-refractivity contribution is -0.0704. The van der Waals surface area contributed by atoms with Crippen LogP contribution in [-0.2, 0) is 17.8 Å². The maximum Gasteiger partial charge on any atom is 0.193 e. The predicted octanol–water partition coefficient (Wildman–Crippen LogP) is 4.15. The Hall–Kier alpha value is -1.64. The van der Waals surface area contributed by atoms with Crippen LogP contribution in [0.4, 0.5) is 5.69 Å². The molecule has 1 heterocycles. The van der Waals surface area contributed by atoms with Gasteiger partial charge in [0.05, 0.1) is 18.8 Å².